The molecular weight excluding hydrogens is 260 g/mol. The Kier molecular flexibility index (Phi) is 5.34. The zero-order chi connectivity index (χ0) is 13.7. The molecule has 1 aromatic heterocycles. The topological polar surface area (TPSA) is 42.4 Å². The molecule has 1 aromatic rings. The van der Waals surface area contributed by atoms with Gasteiger partial charge in [0, 0.05) is 32.2 Å². The lowest BCUT2D eigenvalue weighted by Crippen LogP contribution is -2.40. The highest BCUT2D eigenvalue weighted by molar-refractivity contribution is 7.09. The molecule has 0 spiro atoms. The fourth-order valence-electron chi connectivity index (χ4n) is 2.63. The van der Waals surface area contributed by atoms with E-state index in [2.05, 4.69) is 4.98 Å². The number of carbonyl (C=O) groups excluding carboxylic acids is 1. The van der Waals surface area contributed by atoms with Crippen LogP contribution in [0.15, 0.2) is 5.38 Å². The molecule has 2 heterocycles. The van der Waals surface area contributed by atoms with Gasteiger partial charge in [-0.1, -0.05) is 0 Å². The van der Waals surface area contributed by atoms with Gasteiger partial charge in [0.05, 0.1) is 5.01 Å². The molecule has 1 atom stereocenters. The number of thiazole rings is 1. The third kappa shape index (κ3) is 4.01. The van der Waals surface area contributed by atoms with Gasteiger partial charge in [-0.3, -0.25) is 4.79 Å². The second-order valence-electron chi connectivity index (χ2n) is 5.15. The van der Waals surface area contributed by atoms with Crippen LogP contribution in [0.3, 0.4) is 0 Å². The van der Waals surface area contributed by atoms with Gasteiger partial charge in [0.25, 0.3) is 5.91 Å². The van der Waals surface area contributed by atoms with Crippen molar-refractivity contribution in [2.75, 3.05) is 26.8 Å². The summed E-state index contributed by atoms with van der Waals surface area (Å²) in [5.74, 6) is 0.716. The van der Waals surface area contributed by atoms with Gasteiger partial charge in [0.2, 0.25) is 0 Å². The Hall–Kier alpha value is -0.940. The maximum absolute atomic E-state index is 12.3. The van der Waals surface area contributed by atoms with Crippen LogP contribution in [0.1, 0.15) is 41.2 Å². The van der Waals surface area contributed by atoms with Crippen molar-refractivity contribution in [1.82, 2.24) is 9.88 Å². The highest BCUT2D eigenvalue weighted by atomic mass is 32.1. The lowest BCUT2D eigenvalue weighted by atomic mass is 9.93. The summed E-state index contributed by atoms with van der Waals surface area (Å²) >= 11 is 1.54. The molecule has 0 saturated carbocycles. The SMILES string of the molecule is COCCCC1CCCN(C(=O)c2csc(C)n2)C1. The number of rotatable bonds is 5. The Morgan fingerprint density at radius 1 is 1.63 bits per heavy atom. The Balaban J connectivity index is 1.88. The smallest absolute Gasteiger partial charge is 0.273 e. The number of aryl methyl sites for hydroxylation is 1. The summed E-state index contributed by atoms with van der Waals surface area (Å²) in [6, 6.07) is 0. The van der Waals surface area contributed by atoms with Crippen LogP contribution >= 0.6 is 11.3 Å². The van der Waals surface area contributed by atoms with Crippen molar-refractivity contribution in [3.63, 3.8) is 0 Å². The zero-order valence-electron chi connectivity index (χ0n) is 11.7. The molecule has 1 amide bonds. The number of aromatic nitrogens is 1. The Morgan fingerprint density at radius 2 is 2.47 bits per heavy atom. The molecule has 0 radical (unpaired) electrons. The number of amides is 1. The van der Waals surface area contributed by atoms with Gasteiger partial charge in [-0.2, -0.15) is 0 Å². The Bertz CT molecular complexity index is 419. The largest absolute Gasteiger partial charge is 0.385 e. The van der Waals surface area contributed by atoms with Crippen molar-refractivity contribution in [2.45, 2.75) is 32.6 Å². The van der Waals surface area contributed by atoms with E-state index in [1.165, 1.54) is 17.8 Å². The third-order valence-electron chi connectivity index (χ3n) is 3.61. The molecule has 1 saturated heterocycles. The average molecular weight is 282 g/mol. The molecule has 1 aliphatic rings. The summed E-state index contributed by atoms with van der Waals surface area (Å²) in [5, 5.41) is 2.82. The van der Waals surface area contributed by atoms with E-state index >= 15 is 0 Å². The van der Waals surface area contributed by atoms with Crippen LogP contribution in [-0.2, 0) is 4.74 Å². The van der Waals surface area contributed by atoms with Crippen molar-refractivity contribution >= 4 is 17.2 Å². The lowest BCUT2D eigenvalue weighted by Gasteiger charge is -2.32. The van der Waals surface area contributed by atoms with Gasteiger partial charge < -0.3 is 9.64 Å². The van der Waals surface area contributed by atoms with E-state index < -0.39 is 0 Å². The molecule has 1 aliphatic heterocycles. The number of methoxy groups -OCH3 is 1. The van der Waals surface area contributed by atoms with Crippen LogP contribution < -0.4 is 0 Å². The van der Waals surface area contributed by atoms with E-state index in [4.69, 9.17) is 4.74 Å². The molecule has 1 unspecified atom stereocenters. The number of ether oxygens (including phenoxy) is 1. The molecule has 0 N–H and O–H groups in total. The van der Waals surface area contributed by atoms with E-state index in [1.807, 2.05) is 17.2 Å². The first-order valence-corrected chi connectivity index (χ1v) is 7.79. The second-order valence-corrected chi connectivity index (χ2v) is 6.21. The van der Waals surface area contributed by atoms with Crippen molar-refractivity contribution in [3.8, 4) is 0 Å². The van der Waals surface area contributed by atoms with Crippen molar-refractivity contribution in [3.05, 3.63) is 16.1 Å². The monoisotopic (exact) mass is 282 g/mol. The first kappa shape index (κ1) is 14.5. The molecule has 0 aromatic carbocycles. The van der Waals surface area contributed by atoms with Crippen LogP contribution in [-0.4, -0.2) is 42.6 Å². The first-order chi connectivity index (χ1) is 9.20. The van der Waals surface area contributed by atoms with Gasteiger partial charge in [0.15, 0.2) is 0 Å². The highest BCUT2D eigenvalue weighted by Crippen LogP contribution is 2.22. The summed E-state index contributed by atoms with van der Waals surface area (Å²) in [6.45, 7) is 4.50. The summed E-state index contributed by atoms with van der Waals surface area (Å²) in [5.41, 5.74) is 0.611. The Morgan fingerprint density at radius 3 is 3.16 bits per heavy atom. The van der Waals surface area contributed by atoms with Gasteiger partial charge in [-0.15, -0.1) is 11.3 Å². The van der Waals surface area contributed by atoms with E-state index in [-0.39, 0.29) is 5.91 Å². The molecule has 0 bridgehead atoms. The zero-order valence-corrected chi connectivity index (χ0v) is 12.5. The summed E-state index contributed by atoms with van der Waals surface area (Å²) in [7, 11) is 1.74. The molecular formula is C14H22N2O2S. The second kappa shape index (κ2) is 7.01. The van der Waals surface area contributed by atoms with E-state index in [0.717, 1.165) is 44.0 Å². The molecule has 5 heteroatoms. The fourth-order valence-corrected chi connectivity index (χ4v) is 3.21. The van der Waals surface area contributed by atoms with Crippen LogP contribution in [0.2, 0.25) is 0 Å². The molecule has 4 nitrogen and oxygen atoms in total. The van der Waals surface area contributed by atoms with Crippen molar-refractivity contribution < 1.29 is 9.53 Å². The van der Waals surface area contributed by atoms with Gasteiger partial charge in [-0.25, -0.2) is 4.98 Å². The summed E-state index contributed by atoms with van der Waals surface area (Å²) in [4.78, 5) is 18.6. The third-order valence-corrected chi connectivity index (χ3v) is 4.38. The minimum atomic E-state index is 0.0980. The molecule has 19 heavy (non-hydrogen) atoms. The highest BCUT2D eigenvalue weighted by Gasteiger charge is 2.25. The Labute approximate surface area is 118 Å². The minimum absolute atomic E-state index is 0.0980. The minimum Gasteiger partial charge on any atom is -0.385 e. The predicted octanol–water partition coefficient (Wildman–Crippen LogP) is 2.73. The summed E-state index contributed by atoms with van der Waals surface area (Å²) in [6.07, 6.45) is 4.56. The van der Waals surface area contributed by atoms with E-state index in [1.54, 1.807) is 7.11 Å². The number of hydrogen-bond donors (Lipinski definition) is 0. The van der Waals surface area contributed by atoms with Crippen LogP contribution in [0, 0.1) is 12.8 Å². The normalized spacial score (nSPS) is 19.7. The van der Waals surface area contributed by atoms with E-state index in [9.17, 15) is 4.79 Å². The quantitative estimate of drug-likeness (QED) is 0.780. The number of hydrogen-bond acceptors (Lipinski definition) is 4. The fraction of sp³-hybridized carbons (Fsp3) is 0.714. The molecule has 106 valence electrons. The molecule has 1 fully saturated rings. The molecule has 0 aliphatic carbocycles. The number of likely N-dealkylation sites (tertiary alicyclic amines) is 1. The van der Waals surface area contributed by atoms with Crippen LogP contribution in [0.5, 0.6) is 0 Å². The lowest BCUT2D eigenvalue weighted by molar-refractivity contribution is 0.0655. The number of carbonyl (C=O) groups is 1. The maximum atomic E-state index is 12.3. The molecule has 2 rings (SSSR count). The maximum Gasteiger partial charge on any atom is 0.273 e. The number of piperidine rings is 1. The standard InChI is InChI=1S/C14H22N2O2S/c1-11-15-13(10-19-11)14(17)16-7-3-5-12(9-16)6-4-8-18-2/h10,12H,3-9H2,1-2H3. The first-order valence-electron chi connectivity index (χ1n) is 6.91. The van der Waals surface area contributed by atoms with E-state index in [0.29, 0.717) is 11.6 Å². The summed E-state index contributed by atoms with van der Waals surface area (Å²) < 4.78 is 5.09. The van der Waals surface area contributed by atoms with Crippen molar-refractivity contribution in [2.24, 2.45) is 5.92 Å². The van der Waals surface area contributed by atoms with Gasteiger partial charge in [-0.05, 0) is 38.5 Å². The van der Waals surface area contributed by atoms with Crippen LogP contribution in [0.4, 0.5) is 0 Å². The average Bonchev–Trinajstić information content (AvgIpc) is 2.85. The van der Waals surface area contributed by atoms with Gasteiger partial charge in [0.1, 0.15) is 5.69 Å². The predicted molar refractivity (Wildman–Crippen MR) is 76.6 cm³/mol. The van der Waals surface area contributed by atoms with Gasteiger partial charge >= 0.3 is 0 Å². The van der Waals surface area contributed by atoms with Crippen LogP contribution in [0.25, 0.3) is 0 Å². The number of nitrogens with zero attached hydrogens (tertiary/aromatic N) is 2. The van der Waals surface area contributed by atoms with Crippen molar-refractivity contribution in [1.29, 1.82) is 0 Å².